The van der Waals surface area contributed by atoms with Crippen LogP contribution in [0.5, 0.6) is 11.5 Å². The van der Waals surface area contributed by atoms with Crippen LogP contribution in [0.25, 0.3) is 10.8 Å². The van der Waals surface area contributed by atoms with E-state index in [4.69, 9.17) is 9.47 Å². The summed E-state index contributed by atoms with van der Waals surface area (Å²) in [6.45, 7) is 6.78. The third-order valence-electron chi connectivity index (χ3n) is 4.67. The normalized spacial score (nSPS) is 11.8. The van der Waals surface area contributed by atoms with Crippen molar-refractivity contribution in [3.05, 3.63) is 71.8 Å². The van der Waals surface area contributed by atoms with Crippen molar-refractivity contribution in [3.63, 3.8) is 0 Å². The van der Waals surface area contributed by atoms with Crippen LogP contribution in [0, 0.1) is 13.8 Å². The van der Waals surface area contributed by atoms with Crippen molar-refractivity contribution in [2.75, 3.05) is 13.2 Å². The molecule has 3 aromatic rings. The fourth-order valence-electron chi connectivity index (χ4n) is 3.02. The molecule has 146 valence electrons. The van der Waals surface area contributed by atoms with Crippen LogP contribution in [0.4, 0.5) is 0 Å². The van der Waals surface area contributed by atoms with Crippen molar-refractivity contribution >= 4 is 16.7 Å². The zero-order valence-electron chi connectivity index (χ0n) is 16.7. The minimum atomic E-state index is -0.513. The Labute approximate surface area is 166 Å². The predicted octanol–water partition coefficient (Wildman–Crippen LogP) is 4.81. The lowest BCUT2D eigenvalue weighted by molar-refractivity contribution is -0.128. The van der Waals surface area contributed by atoms with E-state index in [1.54, 1.807) is 0 Å². The molecule has 4 nitrogen and oxygen atoms in total. The molecule has 0 heterocycles. The Morgan fingerprint density at radius 2 is 1.79 bits per heavy atom. The summed E-state index contributed by atoms with van der Waals surface area (Å²) in [5.74, 6) is 1.44. The highest BCUT2D eigenvalue weighted by molar-refractivity contribution is 5.83. The molecule has 0 saturated carbocycles. The van der Waals surface area contributed by atoms with E-state index in [1.807, 2.05) is 69.3 Å². The third-order valence-corrected chi connectivity index (χ3v) is 4.67. The highest BCUT2D eigenvalue weighted by Gasteiger charge is 2.18. The molecule has 1 N–H and O–H groups in total. The van der Waals surface area contributed by atoms with Crippen LogP contribution in [0.2, 0.25) is 0 Å². The van der Waals surface area contributed by atoms with Gasteiger partial charge in [-0.3, -0.25) is 4.79 Å². The van der Waals surface area contributed by atoms with Crippen LogP contribution >= 0.6 is 0 Å². The van der Waals surface area contributed by atoms with Crippen molar-refractivity contribution in [3.8, 4) is 11.5 Å². The quantitative estimate of drug-likeness (QED) is 0.573. The summed E-state index contributed by atoms with van der Waals surface area (Å²) >= 11 is 0. The Bertz CT molecular complexity index is 951. The first-order valence-corrected chi connectivity index (χ1v) is 9.70. The van der Waals surface area contributed by atoms with Crippen LogP contribution in [-0.4, -0.2) is 25.2 Å². The number of hydrogen-bond donors (Lipinski definition) is 1. The maximum atomic E-state index is 12.5. The summed E-state index contributed by atoms with van der Waals surface area (Å²) in [5.41, 5.74) is 2.14. The molecule has 0 radical (unpaired) electrons. The van der Waals surface area contributed by atoms with E-state index in [9.17, 15) is 4.79 Å². The number of hydrogen-bond acceptors (Lipinski definition) is 3. The molecule has 0 aliphatic rings. The van der Waals surface area contributed by atoms with E-state index in [1.165, 1.54) is 5.39 Å². The van der Waals surface area contributed by atoms with E-state index in [2.05, 4.69) is 17.4 Å². The standard InChI is InChI=1S/C24H27NO3/c1-4-22(28-23-15-17(2)9-10-18(23)3)24(26)25-13-14-27-21-12-11-19-7-5-6-8-20(19)16-21/h5-12,15-16,22H,4,13-14H2,1-3H3,(H,25,26)/t22-/m1/s1. The van der Waals surface area contributed by atoms with Gasteiger partial charge in [-0.1, -0.05) is 49.4 Å². The van der Waals surface area contributed by atoms with E-state index in [-0.39, 0.29) is 5.91 Å². The average Bonchev–Trinajstić information content (AvgIpc) is 2.71. The molecule has 0 saturated heterocycles. The number of amides is 1. The molecule has 0 aromatic heterocycles. The fraction of sp³-hybridized carbons (Fsp3) is 0.292. The van der Waals surface area contributed by atoms with E-state index < -0.39 is 6.10 Å². The molecule has 0 unspecified atom stereocenters. The van der Waals surface area contributed by atoms with Crippen molar-refractivity contribution in [2.45, 2.75) is 33.3 Å². The van der Waals surface area contributed by atoms with Crippen LogP contribution < -0.4 is 14.8 Å². The van der Waals surface area contributed by atoms with Crippen LogP contribution in [0.3, 0.4) is 0 Å². The summed E-state index contributed by atoms with van der Waals surface area (Å²) in [5, 5.41) is 5.22. The Morgan fingerprint density at radius 1 is 1.00 bits per heavy atom. The number of nitrogens with one attached hydrogen (secondary N) is 1. The highest BCUT2D eigenvalue weighted by Crippen LogP contribution is 2.22. The molecular formula is C24H27NO3. The fourth-order valence-corrected chi connectivity index (χ4v) is 3.02. The molecule has 0 aliphatic heterocycles. The number of aryl methyl sites for hydroxylation is 2. The van der Waals surface area contributed by atoms with Crippen LogP contribution in [-0.2, 0) is 4.79 Å². The third kappa shape index (κ3) is 5.03. The maximum absolute atomic E-state index is 12.5. The number of carbonyl (C=O) groups excluding carboxylic acids is 1. The Kier molecular flexibility index (Phi) is 6.53. The lowest BCUT2D eigenvalue weighted by Crippen LogP contribution is -2.39. The number of benzene rings is 3. The molecule has 3 aromatic carbocycles. The molecule has 3 rings (SSSR count). The number of ether oxygens (including phenoxy) is 2. The zero-order chi connectivity index (χ0) is 19.9. The van der Waals surface area contributed by atoms with Gasteiger partial charge in [0.2, 0.25) is 0 Å². The number of carbonyl (C=O) groups is 1. The second-order valence-corrected chi connectivity index (χ2v) is 6.93. The van der Waals surface area contributed by atoms with Crippen molar-refractivity contribution in [1.82, 2.24) is 5.32 Å². The van der Waals surface area contributed by atoms with Gasteiger partial charge in [0, 0.05) is 0 Å². The van der Waals surface area contributed by atoms with Crippen molar-refractivity contribution < 1.29 is 14.3 Å². The second kappa shape index (κ2) is 9.27. The van der Waals surface area contributed by atoms with Gasteiger partial charge in [-0.25, -0.2) is 0 Å². The topological polar surface area (TPSA) is 47.6 Å². The van der Waals surface area contributed by atoms with Gasteiger partial charge in [0.1, 0.15) is 18.1 Å². The molecule has 0 spiro atoms. The average molecular weight is 377 g/mol. The molecule has 4 heteroatoms. The van der Waals surface area contributed by atoms with E-state index in [0.29, 0.717) is 19.6 Å². The Balaban J connectivity index is 1.50. The van der Waals surface area contributed by atoms with E-state index in [0.717, 1.165) is 28.0 Å². The van der Waals surface area contributed by atoms with Crippen LogP contribution in [0.1, 0.15) is 24.5 Å². The number of fused-ring (bicyclic) bond motifs is 1. The first-order valence-electron chi connectivity index (χ1n) is 9.70. The molecule has 0 bridgehead atoms. The second-order valence-electron chi connectivity index (χ2n) is 6.93. The van der Waals surface area contributed by atoms with Gasteiger partial charge in [0.25, 0.3) is 5.91 Å². The summed E-state index contributed by atoms with van der Waals surface area (Å²) in [4.78, 5) is 12.5. The van der Waals surface area contributed by atoms with E-state index >= 15 is 0 Å². The minimum absolute atomic E-state index is 0.120. The first kappa shape index (κ1) is 19.7. The Hall–Kier alpha value is -3.01. The predicted molar refractivity (Wildman–Crippen MR) is 113 cm³/mol. The summed E-state index contributed by atoms with van der Waals surface area (Å²) in [6.07, 6.45) is 0.0891. The first-order chi connectivity index (χ1) is 13.6. The van der Waals surface area contributed by atoms with Gasteiger partial charge in [0.05, 0.1) is 6.54 Å². The smallest absolute Gasteiger partial charge is 0.261 e. The SMILES string of the molecule is CC[C@@H](Oc1cc(C)ccc1C)C(=O)NCCOc1ccc2ccccc2c1. The maximum Gasteiger partial charge on any atom is 0.261 e. The van der Waals surface area contributed by atoms with Crippen LogP contribution in [0.15, 0.2) is 60.7 Å². The molecule has 0 aliphatic carbocycles. The van der Waals surface area contributed by atoms with Gasteiger partial charge in [-0.2, -0.15) is 0 Å². The Morgan fingerprint density at radius 3 is 2.57 bits per heavy atom. The number of rotatable bonds is 8. The van der Waals surface area contributed by atoms with Gasteiger partial charge >= 0.3 is 0 Å². The summed E-state index contributed by atoms with van der Waals surface area (Å²) < 4.78 is 11.7. The minimum Gasteiger partial charge on any atom is -0.492 e. The van der Waals surface area contributed by atoms with Crippen molar-refractivity contribution in [2.24, 2.45) is 0 Å². The molecule has 28 heavy (non-hydrogen) atoms. The lowest BCUT2D eigenvalue weighted by Gasteiger charge is -2.19. The lowest BCUT2D eigenvalue weighted by atomic mass is 10.1. The highest BCUT2D eigenvalue weighted by atomic mass is 16.5. The molecular weight excluding hydrogens is 350 g/mol. The molecule has 0 fully saturated rings. The van der Waals surface area contributed by atoms with Crippen molar-refractivity contribution in [1.29, 1.82) is 0 Å². The molecule has 1 atom stereocenters. The van der Waals surface area contributed by atoms with Gasteiger partial charge in [-0.15, -0.1) is 0 Å². The van der Waals surface area contributed by atoms with Gasteiger partial charge in [0.15, 0.2) is 6.10 Å². The molecule has 1 amide bonds. The zero-order valence-corrected chi connectivity index (χ0v) is 16.7. The van der Waals surface area contributed by atoms with Gasteiger partial charge in [-0.05, 0) is 60.4 Å². The summed E-state index contributed by atoms with van der Waals surface area (Å²) in [6, 6.07) is 20.2. The monoisotopic (exact) mass is 377 g/mol. The van der Waals surface area contributed by atoms with Gasteiger partial charge < -0.3 is 14.8 Å². The largest absolute Gasteiger partial charge is 0.492 e. The summed E-state index contributed by atoms with van der Waals surface area (Å²) in [7, 11) is 0.